The van der Waals surface area contributed by atoms with Crippen LogP contribution in [0.3, 0.4) is 0 Å². The van der Waals surface area contributed by atoms with Crippen molar-refractivity contribution in [2.45, 2.75) is 58.3 Å². The summed E-state index contributed by atoms with van der Waals surface area (Å²) in [5.74, 6) is -0.816. The Labute approximate surface area is 147 Å². The lowest BCUT2D eigenvalue weighted by molar-refractivity contribution is -0.129. The number of hydrogen-bond acceptors (Lipinski definition) is 4. The maximum atomic E-state index is 12.1. The molecule has 0 bridgehead atoms. The Balaban J connectivity index is 1.80. The summed E-state index contributed by atoms with van der Waals surface area (Å²) in [6, 6.07) is 6.76. The topological polar surface area (TPSA) is 96.5 Å². The zero-order chi connectivity index (χ0) is 18.4. The van der Waals surface area contributed by atoms with Gasteiger partial charge in [-0.3, -0.25) is 4.79 Å². The van der Waals surface area contributed by atoms with E-state index in [2.05, 4.69) is 16.0 Å². The highest BCUT2D eigenvalue weighted by atomic mass is 16.5. The van der Waals surface area contributed by atoms with Crippen molar-refractivity contribution in [1.82, 2.24) is 16.0 Å². The van der Waals surface area contributed by atoms with Gasteiger partial charge < -0.3 is 20.7 Å². The number of amides is 3. The van der Waals surface area contributed by atoms with Crippen LogP contribution in [-0.2, 0) is 16.1 Å². The summed E-state index contributed by atoms with van der Waals surface area (Å²) in [6.45, 7) is 5.67. The van der Waals surface area contributed by atoms with E-state index >= 15 is 0 Å². The molecule has 0 aliphatic heterocycles. The number of rotatable bonds is 7. The van der Waals surface area contributed by atoms with Gasteiger partial charge in [0.25, 0.3) is 5.91 Å². The first kappa shape index (κ1) is 18.8. The van der Waals surface area contributed by atoms with Crippen LogP contribution in [0.5, 0.6) is 0 Å². The van der Waals surface area contributed by atoms with Gasteiger partial charge in [0.05, 0.1) is 5.56 Å². The largest absolute Gasteiger partial charge is 0.449 e. The number of benzene rings is 1. The maximum Gasteiger partial charge on any atom is 0.338 e. The molecule has 136 valence electrons. The maximum absolute atomic E-state index is 12.1. The number of nitrogens with one attached hydrogen (secondary N) is 3. The first-order chi connectivity index (χ1) is 11.8. The molecule has 2 rings (SSSR count). The third-order valence-electron chi connectivity index (χ3n) is 3.64. The van der Waals surface area contributed by atoms with E-state index in [0.29, 0.717) is 12.1 Å². The lowest BCUT2D eigenvalue weighted by Crippen LogP contribution is -2.39. The minimum Gasteiger partial charge on any atom is -0.449 e. The van der Waals surface area contributed by atoms with Gasteiger partial charge in [0.1, 0.15) is 0 Å². The van der Waals surface area contributed by atoms with Gasteiger partial charge in [-0.1, -0.05) is 12.1 Å². The smallest absolute Gasteiger partial charge is 0.338 e. The van der Waals surface area contributed by atoms with Gasteiger partial charge in [0.15, 0.2) is 6.10 Å². The third kappa shape index (κ3) is 6.45. The SMILES string of the molecule is CC(C)NC(=O)NCc1ccc(C(=O)O[C@H](C)C(=O)NC2CC2)cc1. The Morgan fingerprint density at radius 1 is 1.12 bits per heavy atom. The lowest BCUT2D eigenvalue weighted by atomic mass is 10.1. The zero-order valence-electron chi connectivity index (χ0n) is 14.8. The molecule has 0 heterocycles. The van der Waals surface area contributed by atoms with Gasteiger partial charge in [-0.05, 0) is 51.3 Å². The highest BCUT2D eigenvalue weighted by molar-refractivity contribution is 5.92. The zero-order valence-corrected chi connectivity index (χ0v) is 14.8. The summed E-state index contributed by atoms with van der Waals surface area (Å²) in [6.07, 6.45) is 1.14. The molecule has 3 amide bonds. The van der Waals surface area contributed by atoms with Crippen LogP contribution in [0.2, 0.25) is 0 Å². The molecular formula is C18H25N3O4. The average Bonchev–Trinajstić information content (AvgIpc) is 3.36. The normalized spacial score (nSPS) is 14.6. The number of carbonyl (C=O) groups is 3. The molecular weight excluding hydrogens is 322 g/mol. The van der Waals surface area contributed by atoms with Crippen molar-refractivity contribution in [2.24, 2.45) is 0 Å². The molecule has 1 atom stereocenters. The third-order valence-corrected chi connectivity index (χ3v) is 3.64. The molecule has 7 nitrogen and oxygen atoms in total. The Kier molecular flexibility index (Phi) is 6.38. The van der Waals surface area contributed by atoms with Crippen molar-refractivity contribution in [1.29, 1.82) is 0 Å². The highest BCUT2D eigenvalue weighted by Crippen LogP contribution is 2.19. The molecule has 7 heteroatoms. The summed E-state index contributed by atoms with van der Waals surface area (Å²) in [7, 11) is 0. The quantitative estimate of drug-likeness (QED) is 0.654. The molecule has 25 heavy (non-hydrogen) atoms. The molecule has 1 aromatic rings. The predicted molar refractivity (Wildman–Crippen MR) is 93.0 cm³/mol. The second-order valence-corrected chi connectivity index (χ2v) is 6.51. The minimum atomic E-state index is -0.825. The predicted octanol–water partition coefficient (Wildman–Crippen LogP) is 1.72. The Morgan fingerprint density at radius 2 is 1.76 bits per heavy atom. The van der Waals surface area contributed by atoms with Crippen molar-refractivity contribution in [3.05, 3.63) is 35.4 Å². The van der Waals surface area contributed by atoms with Gasteiger partial charge >= 0.3 is 12.0 Å². The molecule has 1 saturated carbocycles. The van der Waals surface area contributed by atoms with Crippen LogP contribution in [-0.4, -0.2) is 36.1 Å². The molecule has 1 aliphatic rings. The number of urea groups is 1. The van der Waals surface area contributed by atoms with E-state index in [1.165, 1.54) is 0 Å². The fraction of sp³-hybridized carbons (Fsp3) is 0.500. The summed E-state index contributed by atoms with van der Waals surface area (Å²) < 4.78 is 5.18. The molecule has 1 aromatic carbocycles. The summed E-state index contributed by atoms with van der Waals surface area (Å²) in [5, 5.41) is 8.26. The number of esters is 1. The van der Waals surface area contributed by atoms with Gasteiger partial charge in [0.2, 0.25) is 0 Å². The van der Waals surface area contributed by atoms with E-state index in [1.807, 2.05) is 13.8 Å². The minimum absolute atomic E-state index is 0.0660. The van der Waals surface area contributed by atoms with E-state index in [0.717, 1.165) is 18.4 Å². The number of hydrogen-bond donors (Lipinski definition) is 3. The van der Waals surface area contributed by atoms with Crippen molar-refractivity contribution >= 4 is 17.9 Å². The average molecular weight is 347 g/mol. The van der Waals surface area contributed by atoms with E-state index in [4.69, 9.17) is 4.74 Å². The van der Waals surface area contributed by atoms with Gasteiger partial charge in [-0.15, -0.1) is 0 Å². The van der Waals surface area contributed by atoms with Crippen LogP contribution in [0, 0.1) is 0 Å². The van der Waals surface area contributed by atoms with Gasteiger partial charge in [-0.25, -0.2) is 9.59 Å². The van der Waals surface area contributed by atoms with Crippen molar-refractivity contribution in [3.63, 3.8) is 0 Å². The Bertz CT molecular complexity index is 624. The van der Waals surface area contributed by atoms with Crippen LogP contribution < -0.4 is 16.0 Å². The van der Waals surface area contributed by atoms with E-state index in [-0.39, 0.29) is 24.0 Å². The van der Waals surface area contributed by atoms with Crippen molar-refractivity contribution < 1.29 is 19.1 Å². The second kappa shape index (κ2) is 8.50. The van der Waals surface area contributed by atoms with Crippen LogP contribution in [0.25, 0.3) is 0 Å². The van der Waals surface area contributed by atoms with Crippen molar-refractivity contribution in [3.8, 4) is 0 Å². The van der Waals surface area contributed by atoms with E-state index in [9.17, 15) is 14.4 Å². The first-order valence-electron chi connectivity index (χ1n) is 8.50. The van der Waals surface area contributed by atoms with E-state index < -0.39 is 12.1 Å². The van der Waals surface area contributed by atoms with Crippen LogP contribution in [0.4, 0.5) is 4.79 Å². The van der Waals surface area contributed by atoms with Crippen molar-refractivity contribution in [2.75, 3.05) is 0 Å². The van der Waals surface area contributed by atoms with Crippen LogP contribution in [0.1, 0.15) is 49.5 Å². The molecule has 0 spiro atoms. The molecule has 0 radical (unpaired) electrons. The Morgan fingerprint density at radius 3 is 2.32 bits per heavy atom. The molecule has 0 unspecified atom stereocenters. The molecule has 3 N–H and O–H groups in total. The Hall–Kier alpha value is -2.57. The van der Waals surface area contributed by atoms with Gasteiger partial charge in [0, 0.05) is 18.6 Å². The van der Waals surface area contributed by atoms with Crippen LogP contribution in [0.15, 0.2) is 24.3 Å². The number of ether oxygens (including phenoxy) is 1. The first-order valence-corrected chi connectivity index (χ1v) is 8.50. The molecule has 0 saturated heterocycles. The lowest BCUT2D eigenvalue weighted by Gasteiger charge is -2.13. The standard InChI is InChI=1S/C18H25N3O4/c1-11(2)20-18(24)19-10-13-4-6-14(7-5-13)17(23)25-12(3)16(22)21-15-8-9-15/h4-7,11-12,15H,8-10H2,1-3H3,(H,21,22)(H2,19,20,24)/t12-/m1/s1. The number of carbonyl (C=O) groups excluding carboxylic acids is 3. The van der Waals surface area contributed by atoms with E-state index in [1.54, 1.807) is 31.2 Å². The molecule has 0 aromatic heterocycles. The second-order valence-electron chi connectivity index (χ2n) is 6.51. The van der Waals surface area contributed by atoms with Gasteiger partial charge in [-0.2, -0.15) is 0 Å². The molecule has 1 aliphatic carbocycles. The highest BCUT2D eigenvalue weighted by Gasteiger charge is 2.27. The van der Waals surface area contributed by atoms with Crippen LogP contribution >= 0.6 is 0 Å². The molecule has 1 fully saturated rings. The fourth-order valence-electron chi connectivity index (χ4n) is 2.08. The monoisotopic (exact) mass is 347 g/mol. The summed E-state index contributed by atoms with van der Waals surface area (Å²) >= 11 is 0. The summed E-state index contributed by atoms with van der Waals surface area (Å²) in [4.78, 5) is 35.4. The fourth-order valence-corrected chi connectivity index (χ4v) is 2.08. The summed E-state index contributed by atoms with van der Waals surface area (Å²) in [5.41, 5.74) is 1.22.